The van der Waals surface area contributed by atoms with Crippen LogP contribution in [0.4, 0.5) is 0 Å². The highest BCUT2D eigenvalue weighted by molar-refractivity contribution is 5.80. The second kappa shape index (κ2) is 5.72. The first-order valence-corrected chi connectivity index (χ1v) is 7.71. The lowest BCUT2D eigenvalue weighted by Gasteiger charge is -2.43. The molecule has 2 aliphatic rings. The molecule has 0 aromatic carbocycles. The molecule has 0 aromatic heterocycles. The van der Waals surface area contributed by atoms with Crippen molar-refractivity contribution in [2.75, 3.05) is 13.1 Å². The SMILES string of the molecule is CCCC1(C(=O)O)CCCN(C(=O)CC2(N)CCC2)C1. The Morgan fingerprint density at radius 3 is 2.45 bits per heavy atom. The molecule has 2 fully saturated rings. The molecule has 5 nitrogen and oxygen atoms in total. The topological polar surface area (TPSA) is 83.6 Å². The van der Waals surface area contributed by atoms with Crippen molar-refractivity contribution in [1.82, 2.24) is 4.90 Å². The minimum atomic E-state index is -0.761. The van der Waals surface area contributed by atoms with Gasteiger partial charge in [-0.15, -0.1) is 0 Å². The average Bonchev–Trinajstić information content (AvgIpc) is 2.37. The fourth-order valence-corrected chi connectivity index (χ4v) is 3.53. The molecule has 0 radical (unpaired) electrons. The van der Waals surface area contributed by atoms with Crippen LogP contribution in [-0.4, -0.2) is 40.5 Å². The van der Waals surface area contributed by atoms with Crippen LogP contribution in [0.5, 0.6) is 0 Å². The van der Waals surface area contributed by atoms with Crippen molar-refractivity contribution in [2.45, 2.75) is 63.8 Å². The molecule has 20 heavy (non-hydrogen) atoms. The van der Waals surface area contributed by atoms with E-state index in [9.17, 15) is 14.7 Å². The number of carboxylic acids is 1. The number of rotatable bonds is 5. The zero-order valence-electron chi connectivity index (χ0n) is 12.4. The van der Waals surface area contributed by atoms with Gasteiger partial charge in [0.1, 0.15) is 0 Å². The largest absolute Gasteiger partial charge is 0.481 e. The molecular formula is C15H26N2O3. The van der Waals surface area contributed by atoms with E-state index >= 15 is 0 Å². The summed E-state index contributed by atoms with van der Waals surface area (Å²) in [6, 6.07) is 0. The minimum absolute atomic E-state index is 0.0358. The Labute approximate surface area is 120 Å². The van der Waals surface area contributed by atoms with Crippen LogP contribution in [0.15, 0.2) is 0 Å². The number of carbonyl (C=O) groups is 2. The van der Waals surface area contributed by atoms with Gasteiger partial charge in [-0.2, -0.15) is 0 Å². The van der Waals surface area contributed by atoms with E-state index in [1.807, 2.05) is 6.92 Å². The van der Waals surface area contributed by atoms with Crippen LogP contribution in [0.3, 0.4) is 0 Å². The molecule has 1 heterocycles. The average molecular weight is 282 g/mol. The molecule has 1 saturated carbocycles. The third-order valence-corrected chi connectivity index (χ3v) is 4.96. The van der Waals surface area contributed by atoms with Gasteiger partial charge in [0, 0.05) is 25.0 Å². The fourth-order valence-electron chi connectivity index (χ4n) is 3.53. The van der Waals surface area contributed by atoms with Gasteiger partial charge >= 0.3 is 5.97 Å². The number of likely N-dealkylation sites (tertiary alicyclic amines) is 1. The Kier molecular flexibility index (Phi) is 4.37. The van der Waals surface area contributed by atoms with E-state index in [0.29, 0.717) is 32.4 Å². The zero-order valence-corrected chi connectivity index (χ0v) is 12.4. The van der Waals surface area contributed by atoms with Crippen molar-refractivity contribution in [2.24, 2.45) is 11.1 Å². The van der Waals surface area contributed by atoms with Crippen LogP contribution in [0.25, 0.3) is 0 Å². The quantitative estimate of drug-likeness (QED) is 0.804. The molecule has 1 aliphatic carbocycles. The second-order valence-electron chi connectivity index (χ2n) is 6.65. The maximum atomic E-state index is 12.4. The van der Waals surface area contributed by atoms with Gasteiger partial charge in [0.15, 0.2) is 0 Å². The summed E-state index contributed by atoms with van der Waals surface area (Å²) in [5, 5.41) is 9.55. The van der Waals surface area contributed by atoms with Crippen molar-refractivity contribution >= 4 is 11.9 Å². The standard InChI is InChI=1S/C15H26N2O3/c1-2-5-14(13(19)20)6-4-9-17(11-14)12(18)10-15(16)7-3-8-15/h2-11,16H2,1H3,(H,19,20). The maximum absolute atomic E-state index is 12.4. The number of carboxylic acid groups (broad SMARTS) is 1. The first-order chi connectivity index (χ1) is 9.41. The molecule has 1 saturated heterocycles. The number of carbonyl (C=O) groups excluding carboxylic acids is 1. The lowest BCUT2D eigenvalue weighted by Crippen LogP contribution is -2.54. The highest BCUT2D eigenvalue weighted by Gasteiger charge is 2.44. The molecule has 0 spiro atoms. The van der Waals surface area contributed by atoms with Crippen molar-refractivity contribution in [3.8, 4) is 0 Å². The Bertz CT molecular complexity index is 389. The van der Waals surface area contributed by atoms with E-state index in [2.05, 4.69) is 0 Å². The van der Waals surface area contributed by atoms with Gasteiger partial charge in [-0.05, 0) is 38.5 Å². The van der Waals surface area contributed by atoms with E-state index in [0.717, 1.165) is 32.1 Å². The summed E-state index contributed by atoms with van der Waals surface area (Å²) in [6.07, 6.45) is 6.20. The van der Waals surface area contributed by atoms with Crippen LogP contribution >= 0.6 is 0 Å². The summed E-state index contributed by atoms with van der Waals surface area (Å²) in [5.41, 5.74) is 5.06. The summed E-state index contributed by atoms with van der Waals surface area (Å²) >= 11 is 0. The molecule has 0 bridgehead atoms. The van der Waals surface area contributed by atoms with Crippen molar-refractivity contribution < 1.29 is 14.7 Å². The van der Waals surface area contributed by atoms with Crippen molar-refractivity contribution in [3.63, 3.8) is 0 Å². The van der Waals surface area contributed by atoms with E-state index in [4.69, 9.17) is 5.73 Å². The van der Waals surface area contributed by atoms with Gasteiger partial charge in [-0.3, -0.25) is 9.59 Å². The Morgan fingerprint density at radius 1 is 1.25 bits per heavy atom. The lowest BCUT2D eigenvalue weighted by molar-refractivity contribution is -0.156. The number of aliphatic carboxylic acids is 1. The number of piperidine rings is 1. The molecule has 5 heteroatoms. The maximum Gasteiger partial charge on any atom is 0.311 e. The van der Waals surface area contributed by atoms with Gasteiger partial charge in [-0.1, -0.05) is 13.3 Å². The zero-order chi connectivity index (χ0) is 14.8. The molecule has 2 rings (SSSR count). The Hall–Kier alpha value is -1.10. The predicted octanol–water partition coefficient (Wildman–Crippen LogP) is 1.75. The highest BCUT2D eigenvalue weighted by Crippen LogP contribution is 2.37. The molecule has 0 aromatic rings. The van der Waals surface area contributed by atoms with Crippen LogP contribution in [0, 0.1) is 5.41 Å². The van der Waals surface area contributed by atoms with Gasteiger partial charge in [0.25, 0.3) is 0 Å². The molecule has 1 amide bonds. The van der Waals surface area contributed by atoms with Crippen molar-refractivity contribution in [1.29, 1.82) is 0 Å². The molecule has 1 aliphatic heterocycles. The van der Waals surface area contributed by atoms with E-state index < -0.39 is 11.4 Å². The normalized spacial score (nSPS) is 28.8. The van der Waals surface area contributed by atoms with Gasteiger partial charge < -0.3 is 15.7 Å². The van der Waals surface area contributed by atoms with Crippen LogP contribution in [-0.2, 0) is 9.59 Å². The summed E-state index contributed by atoms with van der Waals surface area (Å²) in [7, 11) is 0. The predicted molar refractivity (Wildman–Crippen MR) is 76.2 cm³/mol. The van der Waals surface area contributed by atoms with E-state index in [-0.39, 0.29) is 11.4 Å². The third-order valence-electron chi connectivity index (χ3n) is 4.96. The monoisotopic (exact) mass is 282 g/mol. The fraction of sp³-hybridized carbons (Fsp3) is 0.867. The summed E-state index contributed by atoms with van der Waals surface area (Å²) < 4.78 is 0. The number of hydrogen-bond donors (Lipinski definition) is 2. The highest BCUT2D eigenvalue weighted by atomic mass is 16.4. The summed E-state index contributed by atoms with van der Waals surface area (Å²) in [4.78, 5) is 25.7. The number of amides is 1. The van der Waals surface area contributed by atoms with E-state index in [1.165, 1.54) is 0 Å². The van der Waals surface area contributed by atoms with Crippen LogP contribution in [0.2, 0.25) is 0 Å². The van der Waals surface area contributed by atoms with Gasteiger partial charge in [0.2, 0.25) is 5.91 Å². The van der Waals surface area contributed by atoms with Crippen LogP contribution < -0.4 is 5.73 Å². The Balaban J connectivity index is 2.01. The number of nitrogens with two attached hydrogens (primary N) is 1. The minimum Gasteiger partial charge on any atom is -0.481 e. The second-order valence-corrected chi connectivity index (χ2v) is 6.65. The molecule has 114 valence electrons. The third kappa shape index (κ3) is 2.97. The number of hydrogen-bond acceptors (Lipinski definition) is 3. The first-order valence-electron chi connectivity index (χ1n) is 7.71. The smallest absolute Gasteiger partial charge is 0.311 e. The summed E-state index contributed by atoms with van der Waals surface area (Å²) in [5.74, 6) is -0.725. The molecule has 3 N–H and O–H groups in total. The molecular weight excluding hydrogens is 256 g/mol. The van der Waals surface area contributed by atoms with Gasteiger partial charge in [-0.25, -0.2) is 0 Å². The van der Waals surface area contributed by atoms with Crippen LogP contribution in [0.1, 0.15) is 58.3 Å². The molecule has 1 unspecified atom stereocenters. The summed E-state index contributed by atoms with van der Waals surface area (Å²) in [6.45, 7) is 3.02. The van der Waals surface area contributed by atoms with Gasteiger partial charge in [0.05, 0.1) is 5.41 Å². The van der Waals surface area contributed by atoms with E-state index in [1.54, 1.807) is 4.90 Å². The molecule has 1 atom stereocenters. The Morgan fingerprint density at radius 2 is 1.95 bits per heavy atom. The first kappa shape index (κ1) is 15.3. The lowest BCUT2D eigenvalue weighted by atomic mass is 9.74. The number of nitrogens with zero attached hydrogens (tertiary/aromatic N) is 1. The van der Waals surface area contributed by atoms with Crippen molar-refractivity contribution in [3.05, 3.63) is 0 Å².